The highest BCUT2D eigenvalue weighted by atomic mass is 16.2. The van der Waals surface area contributed by atoms with Crippen molar-refractivity contribution in [3.8, 4) is 0 Å². The Morgan fingerprint density at radius 3 is 1.55 bits per heavy atom. The number of rotatable bonds is 5. The monoisotopic (exact) mass is 311 g/mol. The van der Waals surface area contributed by atoms with Crippen molar-refractivity contribution in [2.75, 3.05) is 0 Å². The third kappa shape index (κ3) is 5.83. The second-order valence-electron chi connectivity index (χ2n) is 6.06. The largest absolute Gasteiger partial charge is 0.353 e. The maximum Gasteiger partial charge on any atom is 0.217 e. The van der Waals surface area contributed by atoms with Crippen molar-refractivity contribution in [1.82, 2.24) is 16.0 Å². The highest BCUT2D eigenvalue weighted by Crippen LogP contribution is 2.28. The van der Waals surface area contributed by atoms with Crippen LogP contribution in [-0.2, 0) is 19.2 Å². The summed E-state index contributed by atoms with van der Waals surface area (Å²) in [5.41, 5.74) is 0. The molecule has 4 atom stereocenters. The molecule has 1 fully saturated rings. The van der Waals surface area contributed by atoms with Crippen LogP contribution in [-0.4, -0.2) is 41.6 Å². The van der Waals surface area contributed by atoms with E-state index in [9.17, 15) is 19.2 Å². The van der Waals surface area contributed by atoms with Crippen LogP contribution in [0.5, 0.6) is 0 Å². The van der Waals surface area contributed by atoms with Crippen molar-refractivity contribution in [3.63, 3.8) is 0 Å². The number of carbonyl (C=O) groups excluding carboxylic acids is 4. The molecule has 0 aromatic carbocycles. The number of amides is 3. The van der Waals surface area contributed by atoms with Crippen LogP contribution in [0, 0.1) is 5.92 Å². The molecule has 0 spiro atoms. The fourth-order valence-electron chi connectivity index (χ4n) is 3.16. The Labute approximate surface area is 130 Å². The summed E-state index contributed by atoms with van der Waals surface area (Å²) in [5.74, 6) is -0.548. The lowest BCUT2D eigenvalue weighted by atomic mass is 9.76. The molecule has 3 N–H and O–H groups in total. The molecule has 1 saturated carbocycles. The van der Waals surface area contributed by atoms with E-state index in [4.69, 9.17) is 0 Å². The predicted octanol–water partition coefficient (Wildman–Crippen LogP) is -0.110. The summed E-state index contributed by atoms with van der Waals surface area (Å²) >= 11 is 0. The molecule has 22 heavy (non-hydrogen) atoms. The van der Waals surface area contributed by atoms with E-state index >= 15 is 0 Å². The number of Topliss-reactive ketones (excluding diaryl/α,β-unsaturated/α-hetero) is 1. The topological polar surface area (TPSA) is 104 Å². The highest BCUT2D eigenvalue weighted by molar-refractivity contribution is 5.77. The van der Waals surface area contributed by atoms with E-state index in [1.165, 1.54) is 27.7 Å². The third-order valence-corrected chi connectivity index (χ3v) is 3.83. The minimum Gasteiger partial charge on any atom is -0.353 e. The van der Waals surface area contributed by atoms with Crippen LogP contribution in [0.2, 0.25) is 0 Å². The van der Waals surface area contributed by atoms with Gasteiger partial charge in [-0.15, -0.1) is 0 Å². The quantitative estimate of drug-likeness (QED) is 0.659. The summed E-state index contributed by atoms with van der Waals surface area (Å²) in [6.45, 7) is 5.78. The van der Waals surface area contributed by atoms with Gasteiger partial charge in [0.25, 0.3) is 0 Å². The van der Waals surface area contributed by atoms with Gasteiger partial charge in [0.2, 0.25) is 17.7 Å². The average Bonchev–Trinajstić information content (AvgIpc) is 2.31. The van der Waals surface area contributed by atoms with Gasteiger partial charge in [-0.3, -0.25) is 14.4 Å². The highest BCUT2D eigenvalue weighted by Gasteiger charge is 2.38. The molecule has 7 heteroatoms. The molecule has 0 heterocycles. The zero-order valence-electron chi connectivity index (χ0n) is 13.6. The van der Waals surface area contributed by atoms with E-state index in [-0.39, 0.29) is 47.5 Å². The smallest absolute Gasteiger partial charge is 0.217 e. The molecule has 0 bridgehead atoms. The van der Waals surface area contributed by atoms with Gasteiger partial charge in [0, 0.05) is 39.3 Å². The standard InChI is InChI=1S/C15H25N3O4/c1-8(19)5-12-6-14(17-10(3)21)15(18-11(4)22)7-13(12)16-9(2)20/h12-15H,5-7H2,1-4H3,(H,16,20)(H,17,21)(H,18,22). The number of hydrogen-bond acceptors (Lipinski definition) is 4. The van der Waals surface area contributed by atoms with Crippen LogP contribution < -0.4 is 16.0 Å². The van der Waals surface area contributed by atoms with E-state index in [0.29, 0.717) is 19.3 Å². The molecular weight excluding hydrogens is 286 g/mol. The number of nitrogens with one attached hydrogen (secondary N) is 3. The minimum atomic E-state index is -0.263. The zero-order chi connectivity index (χ0) is 16.9. The molecule has 0 aliphatic heterocycles. The van der Waals surface area contributed by atoms with E-state index in [0.717, 1.165) is 0 Å². The minimum absolute atomic E-state index is 0.0416. The summed E-state index contributed by atoms with van der Waals surface area (Å²) in [4.78, 5) is 45.6. The lowest BCUT2D eigenvalue weighted by Gasteiger charge is -2.41. The lowest BCUT2D eigenvalue weighted by molar-refractivity contribution is -0.125. The molecule has 0 radical (unpaired) electrons. The van der Waals surface area contributed by atoms with Gasteiger partial charge in [0.1, 0.15) is 5.78 Å². The second kappa shape index (κ2) is 7.91. The van der Waals surface area contributed by atoms with Gasteiger partial charge in [-0.1, -0.05) is 0 Å². The second-order valence-corrected chi connectivity index (χ2v) is 6.06. The van der Waals surface area contributed by atoms with Crippen LogP contribution in [0.25, 0.3) is 0 Å². The van der Waals surface area contributed by atoms with E-state index in [1.54, 1.807) is 0 Å². The molecule has 3 amide bonds. The van der Waals surface area contributed by atoms with Crippen molar-refractivity contribution in [1.29, 1.82) is 0 Å². The van der Waals surface area contributed by atoms with Crippen LogP contribution in [0.15, 0.2) is 0 Å². The summed E-state index contributed by atoms with van der Waals surface area (Å²) < 4.78 is 0. The van der Waals surface area contributed by atoms with Gasteiger partial charge >= 0.3 is 0 Å². The summed E-state index contributed by atoms with van der Waals surface area (Å²) in [6.07, 6.45) is 1.37. The van der Waals surface area contributed by atoms with Gasteiger partial charge in [-0.2, -0.15) is 0 Å². The maximum absolute atomic E-state index is 11.5. The van der Waals surface area contributed by atoms with E-state index in [1.807, 2.05) is 0 Å². The summed E-state index contributed by atoms with van der Waals surface area (Å²) in [5, 5.41) is 8.52. The zero-order valence-corrected chi connectivity index (χ0v) is 13.6. The number of hydrogen-bond donors (Lipinski definition) is 3. The Morgan fingerprint density at radius 2 is 1.14 bits per heavy atom. The molecule has 7 nitrogen and oxygen atoms in total. The first-order valence-electron chi connectivity index (χ1n) is 7.49. The first kappa shape index (κ1) is 18.1. The normalized spacial score (nSPS) is 27.6. The Bertz CT molecular complexity index is 382. The molecule has 0 aromatic rings. The van der Waals surface area contributed by atoms with E-state index in [2.05, 4.69) is 16.0 Å². The van der Waals surface area contributed by atoms with Gasteiger partial charge in [0.15, 0.2) is 0 Å². The van der Waals surface area contributed by atoms with Crippen LogP contribution in [0.1, 0.15) is 47.0 Å². The SMILES string of the molecule is CC(=O)CC1CC(NC(C)=O)C(NC(C)=O)CC1NC(C)=O. The molecule has 1 aliphatic carbocycles. The van der Waals surface area contributed by atoms with Crippen LogP contribution in [0.4, 0.5) is 0 Å². The molecule has 0 saturated heterocycles. The Hall–Kier alpha value is -1.92. The lowest BCUT2D eigenvalue weighted by Crippen LogP contribution is -2.60. The Morgan fingerprint density at radius 1 is 0.727 bits per heavy atom. The van der Waals surface area contributed by atoms with Crippen molar-refractivity contribution in [2.24, 2.45) is 5.92 Å². The third-order valence-electron chi connectivity index (χ3n) is 3.83. The Balaban J connectivity index is 2.92. The molecular formula is C15H25N3O4. The molecule has 4 unspecified atom stereocenters. The van der Waals surface area contributed by atoms with Crippen molar-refractivity contribution < 1.29 is 19.2 Å². The molecule has 1 aliphatic rings. The molecule has 0 aromatic heterocycles. The fourth-order valence-corrected chi connectivity index (χ4v) is 3.16. The van der Waals surface area contributed by atoms with Crippen molar-refractivity contribution in [3.05, 3.63) is 0 Å². The van der Waals surface area contributed by atoms with Gasteiger partial charge < -0.3 is 20.7 Å². The molecule has 1 rings (SSSR count). The number of ketones is 1. The summed E-state index contributed by atoms with van der Waals surface area (Å²) in [6, 6.07) is -0.694. The van der Waals surface area contributed by atoms with Crippen LogP contribution >= 0.6 is 0 Å². The molecule has 124 valence electrons. The van der Waals surface area contributed by atoms with Gasteiger partial charge in [-0.05, 0) is 25.7 Å². The van der Waals surface area contributed by atoms with Crippen molar-refractivity contribution in [2.45, 2.75) is 65.1 Å². The van der Waals surface area contributed by atoms with E-state index < -0.39 is 0 Å². The van der Waals surface area contributed by atoms with Crippen molar-refractivity contribution >= 4 is 23.5 Å². The summed E-state index contributed by atoms with van der Waals surface area (Å²) in [7, 11) is 0. The predicted molar refractivity (Wildman–Crippen MR) is 80.8 cm³/mol. The average molecular weight is 311 g/mol. The Kier molecular flexibility index (Phi) is 6.52. The van der Waals surface area contributed by atoms with Gasteiger partial charge in [-0.25, -0.2) is 0 Å². The van der Waals surface area contributed by atoms with Gasteiger partial charge in [0.05, 0.1) is 6.04 Å². The fraction of sp³-hybridized carbons (Fsp3) is 0.733. The first-order chi connectivity index (χ1) is 10.2. The number of carbonyl (C=O) groups is 4. The first-order valence-corrected chi connectivity index (χ1v) is 7.49. The maximum atomic E-state index is 11.5. The van der Waals surface area contributed by atoms with Crippen LogP contribution in [0.3, 0.4) is 0 Å².